The number of carbonyl (C=O) groups excluding carboxylic acids is 2. The van der Waals surface area contributed by atoms with Gasteiger partial charge in [0.25, 0.3) is 11.8 Å². The fourth-order valence-corrected chi connectivity index (χ4v) is 3.17. The number of anilines is 1. The predicted octanol–water partition coefficient (Wildman–Crippen LogP) is 2.27. The number of carbonyl (C=O) groups is 2. The first kappa shape index (κ1) is 16.9. The monoisotopic (exact) mass is 360 g/mol. The fourth-order valence-electron chi connectivity index (χ4n) is 3.17. The largest absolute Gasteiger partial charge is 0.395 e. The maximum Gasteiger partial charge on any atom is 0.261 e. The summed E-state index contributed by atoms with van der Waals surface area (Å²) in [4.78, 5) is 30.3. The number of nitrogens with one attached hydrogen (secondary N) is 1. The highest BCUT2D eigenvalue weighted by molar-refractivity contribution is 6.26. The van der Waals surface area contributed by atoms with Crippen LogP contribution in [0.15, 0.2) is 60.0 Å². The van der Waals surface area contributed by atoms with Crippen LogP contribution in [0.3, 0.4) is 0 Å². The molecule has 0 bridgehead atoms. The van der Waals surface area contributed by atoms with E-state index in [4.69, 9.17) is 5.11 Å². The lowest BCUT2D eigenvalue weighted by atomic mass is 9.93. The highest BCUT2D eigenvalue weighted by atomic mass is 16.3. The maximum absolute atomic E-state index is 12.7. The van der Waals surface area contributed by atoms with Gasteiger partial charge in [-0.25, -0.2) is 0 Å². The quantitative estimate of drug-likeness (QED) is 0.413. The number of benzene rings is 2. The summed E-state index contributed by atoms with van der Waals surface area (Å²) in [6, 6.07) is 12.4. The van der Waals surface area contributed by atoms with Crippen LogP contribution in [0.5, 0.6) is 0 Å². The molecule has 0 saturated carbocycles. The second kappa shape index (κ2) is 6.97. The lowest BCUT2D eigenvalue weighted by molar-refractivity contribution is 0.0580. The number of hydrogen-bond acceptors (Lipinski definition) is 6. The van der Waals surface area contributed by atoms with Crippen molar-refractivity contribution in [3.8, 4) is 0 Å². The number of β-amino-alcohol motifs (C(OH)–C–C–N with tert-alkyl or cyclic N) is 1. The summed E-state index contributed by atoms with van der Waals surface area (Å²) < 4.78 is 0. The van der Waals surface area contributed by atoms with E-state index in [-0.39, 0.29) is 13.2 Å². The van der Waals surface area contributed by atoms with E-state index in [1.165, 1.54) is 0 Å². The molecule has 0 fully saturated rings. The van der Waals surface area contributed by atoms with E-state index < -0.39 is 11.8 Å². The Balaban J connectivity index is 1.74. The van der Waals surface area contributed by atoms with Gasteiger partial charge in [0.1, 0.15) is 0 Å². The minimum Gasteiger partial charge on any atom is -0.395 e. The normalized spacial score (nSPS) is 13.6. The Morgan fingerprint density at radius 3 is 2.52 bits per heavy atom. The van der Waals surface area contributed by atoms with Crippen molar-refractivity contribution in [1.82, 2.24) is 9.88 Å². The summed E-state index contributed by atoms with van der Waals surface area (Å²) >= 11 is 0. The molecule has 3 aromatic rings. The lowest BCUT2D eigenvalue weighted by Crippen LogP contribution is -2.41. The van der Waals surface area contributed by atoms with Crippen LogP contribution < -0.4 is 5.43 Å². The topological polar surface area (TPSA) is 94.9 Å². The molecule has 134 valence electrons. The molecule has 0 atom stereocenters. The predicted molar refractivity (Wildman–Crippen MR) is 102 cm³/mol. The Bertz CT molecular complexity index is 1040. The van der Waals surface area contributed by atoms with E-state index in [9.17, 15) is 9.59 Å². The number of nitrogens with zero attached hydrogens (tertiary/aromatic N) is 3. The molecule has 0 aliphatic carbocycles. The molecule has 7 nitrogen and oxygen atoms in total. The van der Waals surface area contributed by atoms with Gasteiger partial charge in [-0.1, -0.05) is 12.1 Å². The smallest absolute Gasteiger partial charge is 0.261 e. The number of amides is 2. The molecule has 1 aliphatic heterocycles. The molecule has 27 heavy (non-hydrogen) atoms. The highest BCUT2D eigenvalue weighted by Crippen LogP contribution is 2.34. The molecule has 0 radical (unpaired) electrons. The molecule has 2 amide bonds. The average molecular weight is 360 g/mol. The van der Waals surface area contributed by atoms with Gasteiger partial charge in [-0.05, 0) is 35.9 Å². The van der Waals surface area contributed by atoms with Crippen LogP contribution in [0.2, 0.25) is 0 Å². The van der Waals surface area contributed by atoms with Crippen molar-refractivity contribution in [3.05, 3.63) is 71.5 Å². The van der Waals surface area contributed by atoms with E-state index in [1.54, 1.807) is 42.9 Å². The van der Waals surface area contributed by atoms with Crippen LogP contribution in [-0.2, 0) is 0 Å². The Hall–Kier alpha value is -3.58. The van der Waals surface area contributed by atoms with Gasteiger partial charge in [-0.2, -0.15) is 5.10 Å². The van der Waals surface area contributed by atoms with Crippen LogP contribution in [-0.4, -0.2) is 46.2 Å². The number of aromatic nitrogens is 1. The zero-order valence-corrected chi connectivity index (χ0v) is 14.3. The van der Waals surface area contributed by atoms with Gasteiger partial charge in [0, 0.05) is 34.3 Å². The van der Waals surface area contributed by atoms with Gasteiger partial charge in [0.2, 0.25) is 0 Å². The van der Waals surface area contributed by atoms with Crippen molar-refractivity contribution in [3.63, 3.8) is 0 Å². The molecule has 7 heteroatoms. The summed E-state index contributed by atoms with van der Waals surface area (Å²) in [7, 11) is 0. The molecule has 0 unspecified atom stereocenters. The molecule has 0 spiro atoms. The van der Waals surface area contributed by atoms with Crippen molar-refractivity contribution in [2.45, 2.75) is 0 Å². The molecule has 2 aromatic carbocycles. The Labute approximate surface area is 155 Å². The van der Waals surface area contributed by atoms with Gasteiger partial charge >= 0.3 is 0 Å². The third kappa shape index (κ3) is 2.94. The number of imide groups is 1. The van der Waals surface area contributed by atoms with Crippen LogP contribution in [0, 0.1) is 0 Å². The summed E-state index contributed by atoms with van der Waals surface area (Å²) in [6.07, 6.45) is 5.02. The second-order valence-corrected chi connectivity index (χ2v) is 6.02. The molecular formula is C20H16N4O3. The van der Waals surface area contributed by atoms with Crippen molar-refractivity contribution in [2.75, 3.05) is 18.6 Å². The van der Waals surface area contributed by atoms with Crippen molar-refractivity contribution < 1.29 is 14.7 Å². The fraction of sp³-hybridized carbons (Fsp3) is 0.100. The number of pyridine rings is 1. The molecule has 0 saturated heterocycles. The first-order valence-electron chi connectivity index (χ1n) is 8.42. The van der Waals surface area contributed by atoms with Gasteiger partial charge < -0.3 is 5.11 Å². The maximum atomic E-state index is 12.7. The van der Waals surface area contributed by atoms with Gasteiger partial charge in [0.15, 0.2) is 0 Å². The number of aliphatic hydroxyl groups is 1. The average Bonchev–Trinajstić information content (AvgIpc) is 2.70. The van der Waals surface area contributed by atoms with Gasteiger partial charge in [-0.15, -0.1) is 0 Å². The Morgan fingerprint density at radius 2 is 1.78 bits per heavy atom. The van der Waals surface area contributed by atoms with E-state index in [1.807, 2.05) is 18.2 Å². The molecule has 2 heterocycles. The van der Waals surface area contributed by atoms with Crippen molar-refractivity contribution >= 4 is 34.5 Å². The lowest BCUT2D eigenvalue weighted by Gasteiger charge is -2.27. The zero-order valence-electron chi connectivity index (χ0n) is 14.3. The van der Waals surface area contributed by atoms with E-state index in [0.717, 1.165) is 15.8 Å². The number of aliphatic hydroxyl groups excluding tert-OH is 1. The third-order valence-electron chi connectivity index (χ3n) is 4.42. The van der Waals surface area contributed by atoms with Crippen LogP contribution in [0.25, 0.3) is 10.8 Å². The van der Waals surface area contributed by atoms with E-state index >= 15 is 0 Å². The number of hydrogen-bond donors (Lipinski definition) is 2. The molecular weight excluding hydrogens is 344 g/mol. The highest BCUT2D eigenvalue weighted by Gasteiger charge is 2.32. The summed E-state index contributed by atoms with van der Waals surface area (Å²) in [5, 5.41) is 14.7. The summed E-state index contributed by atoms with van der Waals surface area (Å²) in [6.45, 7) is -0.296. The van der Waals surface area contributed by atoms with Crippen LogP contribution in [0.1, 0.15) is 26.3 Å². The SMILES string of the molecule is O=C1c2cccc3c(N/N=C/c4ccncc4)ccc(c23)C(=O)N1CCO. The Morgan fingerprint density at radius 1 is 1.04 bits per heavy atom. The summed E-state index contributed by atoms with van der Waals surface area (Å²) in [5.41, 5.74) is 5.45. The van der Waals surface area contributed by atoms with Crippen LogP contribution >= 0.6 is 0 Å². The van der Waals surface area contributed by atoms with Gasteiger partial charge in [-0.3, -0.25) is 24.9 Å². The molecule has 1 aliphatic rings. The molecule has 2 N–H and O–H groups in total. The minimum absolute atomic E-state index is 0.0241. The summed E-state index contributed by atoms with van der Waals surface area (Å²) in [5.74, 6) is -0.797. The first-order valence-corrected chi connectivity index (χ1v) is 8.42. The number of rotatable bonds is 5. The van der Waals surface area contributed by atoms with Crippen molar-refractivity contribution in [2.24, 2.45) is 5.10 Å². The molecule has 4 rings (SSSR count). The zero-order chi connectivity index (χ0) is 18.8. The van der Waals surface area contributed by atoms with E-state index in [2.05, 4.69) is 15.5 Å². The minimum atomic E-state index is -0.399. The second-order valence-electron chi connectivity index (χ2n) is 6.02. The van der Waals surface area contributed by atoms with E-state index in [0.29, 0.717) is 22.2 Å². The third-order valence-corrected chi connectivity index (χ3v) is 4.42. The van der Waals surface area contributed by atoms with Crippen LogP contribution in [0.4, 0.5) is 5.69 Å². The first-order chi connectivity index (χ1) is 13.2. The standard InChI is InChI=1S/C20H16N4O3/c25-11-10-24-19(26)15-3-1-2-14-17(5-4-16(18(14)15)20(24)27)23-22-12-13-6-8-21-9-7-13/h1-9,12,23,25H,10-11H2/b22-12+. The number of hydrazone groups is 1. The van der Waals surface area contributed by atoms with Crippen molar-refractivity contribution in [1.29, 1.82) is 0 Å². The van der Waals surface area contributed by atoms with Gasteiger partial charge in [0.05, 0.1) is 25.1 Å². The molecule has 1 aromatic heterocycles. The Kier molecular flexibility index (Phi) is 4.35.